The van der Waals surface area contributed by atoms with Crippen LogP contribution in [0.25, 0.3) is 0 Å². The van der Waals surface area contributed by atoms with Crippen molar-refractivity contribution >= 4 is 27.3 Å². The molecule has 0 aliphatic carbocycles. The summed E-state index contributed by atoms with van der Waals surface area (Å²) < 4.78 is 33.5. The lowest BCUT2D eigenvalue weighted by Gasteiger charge is -2.13. The molecule has 28 heavy (non-hydrogen) atoms. The fraction of sp³-hybridized carbons (Fsp3) is 0.100. The molecule has 0 radical (unpaired) electrons. The number of aryl methyl sites for hydroxylation is 2. The van der Waals surface area contributed by atoms with Crippen LogP contribution in [0.4, 0.5) is 5.69 Å². The molecule has 3 aromatic rings. The molecule has 8 heteroatoms. The van der Waals surface area contributed by atoms with Crippen molar-refractivity contribution in [2.45, 2.75) is 18.7 Å². The van der Waals surface area contributed by atoms with Crippen LogP contribution >= 0.6 is 11.6 Å². The zero-order chi connectivity index (χ0) is 20.3. The molecule has 6 nitrogen and oxygen atoms in total. The lowest BCUT2D eigenvalue weighted by Crippen LogP contribution is -2.13. The van der Waals surface area contributed by atoms with Gasteiger partial charge in [-0.3, -0.25) is 4.72 Å². The third-order valence-electron chi connectivity index (χ3n) is 4.00. The molecule has 0 saturated carbocycles. The van der Waals surface area contributed by atoms with Crippen LogP contribution in [-0.2, 0) is 10.0 Å². The second-order valence-electron chi connectivity index (χ2n) is 6.06. The summed E-state index contributed by atoms with van der Waals surface area (Å²) in [5.41, 5.74) is 2.16. The Morgan fingerprint density at radius 2 is 1.89 bits per heavy atom. The third-order valence-corrected chi connectivity index (χ3v) is 5.77. The predicted molar refractivity (Wildman–Crippen MR) is 107 cm³/mol. The number of benzene rings is 2. The summed E-state index contributed by atoms with van der Waals surface area (Å²) in [6, 6.07) is 14.7. The first-order chi connectivity index (χ1) is 13.3. The normalized spacial score (nSPS) is 10.9. The first-order valence-corrected chi connectivity index (χ1v) is 10.1. The molecule has 0 spiro atoms. The number of hydrogen-bond donors (Lipinski definition) is 1. The molecule has 0 aliphatic heterocycles. The summed E-state index contributed by atoms with van der Waals surface area (Å²) >= 11 is 6.04. The van der Waals surface area contributed by atoms with Gasteiger partial charge in [-0.05, 0) is 67.4 Å². The highest BCUT2D eigenvalue weighted by molar-refractivity contribution is 7.92. The highest BCUT2D eigenvalue weighted by atomic mass is 35.5. The van der Waals surface area contributed by atoms with Crippen LogP contribution in [0.3, 0.4) is 0 Å². The summed E-state index contributed by atoms with van der Waals surface area (Å²) in [7, 11) is -3.79. The number of aromatic nitrogens is 1. The maximum Gasteiger partial charge on any atom is 0.261 e. The summed E-state index contributed by atoms with van der Waals surface area (Å²) in [5, 5.41) is 9.49. The number of nitriles is 1. The molecule has 1 heterocycles. The number of halogens is 1. The van der Waals surface area contributed by atoms with E-state index in [9.17, 15) is 8.42 Å². The number of sulfonamides is 1. The van der Waals surface area contributed by atoms with E-state index in [0.29, 0.717) is 27.6 Å². The van der Waals surface area contributed by atoms with Crippen LogP contribution in [0.5, 0.6) is 11.6 Å². The molecule has 0 bridgehead atoms. The number of nitrogens with one attached hydrogen (secondary N) is 1. The SMILES string of the molecule is Cc1ccc(S(=O)(=O)Nc2ccc(Oc3ncccc3C#N)cc2C)cc1Cl. The van der Waals surface area contributed by atoms with Crippen LogP contribution in [-0.4, -0.2) is 13.4 Å². The number of nitrogens with zero attached hydrogens (tertiary/aromatic N) is 2. The van der Waals surface area contributed by atoms with Gasteiger partial charge < -0.3 is 4.74 Å². The molecular weight excluding hydrogens is 398 g/mol. The number of pyridine rings is 1. The standard InChI is InChI=1S/C20H16ClN3O3S/c1-13-5-7-17(11-18(13)21)28(25,26)24-19-8-6-16(10-14(19)2)27-20-15(12-22)4-3-9-23-20/h3-11,24H,1-2H3. The van der Waals surface area contributed by atoms with Crippen LogP contribution < -0.4 is 9.46 Å². The highest BCUT2D eigenvalue weighted by Crippen LogP contribution is 2.28. The Morgan fingerprint density at radius 3 is 2.57 bits per heavy atom. The minimum absolute atomic E-state index is 0.0787. The Morgan fingerprint density at radius 1 is 1.11 bits per heavy atom. The first-order valence-electron chi connectivity index (χ1n) is 8.23. The Labute approximate surface area is 168 Å². The van der Waals surface area contributed by atoms with Gasteiger partial charge in [0.15, 0.2) is 0 Å². The largest absolute Gasteiger partial charge is 0.438 e. The van der Waals surface area contributed by atoms with E-state index in [1.54, 1.807) is 50.2 Å². The summed E-state index contributed by atoms with van der Waals surface area (Å²) in [6.45, 7) is 3.55. The molecule has 0 aliphatic rings. The van der Waals surface area contributed by atoms with Crippen LogP contribution in [0.1, 0.15) is 16.7 Å². The first kappa shape index (κ1) is 19.7. The minimum atomic E-state index is -3.79. The van der Waals surface area contributed by atoms with Crippen molar-refractivity contribution in [2.24, 2.45) is 0 Å². The second-order valence-corrected chi connectivity index (χ2v) is 8.15. The number of anilines is 1. The van der Waals surface area contributed by atoms with Gasteiger partial charge in [0.25, 0.3) is 10.0 Å². The molecule has 0 amide bonds. The topological polar surface area (TPSA) is 92.1 Å². The average Bonchev–Trinajstić information content (AvgIpc) is 2.66. The molecule has 2 aromatic carbocycles. The van der Waals surface area contributed by atoms with E-state index in [0.717, 1.165) is 5.56 Å². The average molecular weight is 414 g/mol. The maximum absolute atomic E-state index is 12.6. The zero-order valence-corrected chi connectivity index (χ0v) is 16.7. The molecular formula is C20H16ClN3O3S. The molecule has 0 unspecified atom stereocenters. The third kappa shape index (κ3) is 4.25. The second kappa shape index (κ2) is 7.89. The van der Waals surface area contributed by atoms with Gasteiger partial charge in [0.2, 0.25) is 5.88 Å². The fourth-order valence-electron chi connectivity index (χ4n) is 2.43. The summed E-state index contributed by atoms with van der Waals surface area (Å²) in [6.07, 6.45) is 1.53. The van der Waals surface area contributed by atoms with Gasteiger partial charge in [0, 0.05) is 11.2 Å². The van der Waals surface area contributed by atoms with Crippen LogP contribution in [0.15, 0.2) is 59.6 Å². The van der Waals surface area contributed by atoms with E-state index >= 15 is 0 Å². The molecule has 0 atom stereocenters. The molecule has 0 fully saturated rings. The van der Waals surface area contributed by atoms with Crippen molar-refractivity contribution in [1.29, 1.82) is 5.26 Å². The van der Waals surface area contributed by atoms with E-state index < -0.39 is 10.0 Å². The Bertz CT molecular complexity index is 1190. The predicted octanol–water partition coefficient (Wildman–Crippen LogP) is 4.82. The Balaban J connectivity index is 1.84. The van der Waals surface area contributed by atoms with Crippen LogP contribution in [0, 0.1) is 25.2 Å². The molecule has 1 aromatic heterocycles. The van der Waals surface area contributed by atoms with Gasteiger partial charge in [-0.1, -0.05) is 17.7 Å². The van der Waals surface area contributed by atoms with Crippen molar-refractivity contribution < 1.29 is 13.2 Å². The molecule has 1 N–H and O–H groups in total. The van der Waals surface area contributed by atoms with E-state index in [-0.39, 0.29) is 10.8 Å². The number of rotatable bonds is 5. The monoisotopic (exact) mass is 413 g/mol. The summed E-state index contributed by atoms with van der Waals surface area (Å²) in [5.74, 6) is 0.626. The van der Waals surface area contributed by atoms with Crippen molar-refractivity contribution in [3.05, 3.63) is 76.4 Å². The van der Waals surface area contributed by atoms with Gasteiger partial charge in [-0.2, -0.15) is 5.26 Å². The fourth-order valence-corrected chi connectivity index (χ4v) is 3.83. The van der Waals surface area contributed by atoms with Gasteiger partial charge in [-0.25, -0.2) is 13.4 Å². The molecule has 0 saturated heterocycles. The number of ether oxygens (including phenoxy) is 1. The van der Waals surface area contributed by atoms with E-state index in [1.165, 1.54) is 18.3 Å². The van der Waals surface area contributed by atoms with Crippen LogP contribution in [0.2, 0.25) is 5.02 Å². The van der Waals surface area contributed by atoms with Gasteiger partial charge in [0.05, 0.1) is 10.6 Å². The molecule has 142 valence electrons. The Kier molecular flexibility index (Phi) is 5.54. The van der Waals surface area contributed by atoms with E-state index in [4.69, 9.17) is 21.6 Å². The van der Waals surface area contributed by atoms with Gasteiger partial charge in [-0.15, -0.1) is 0 Å². The zero-order valence-electron chi connectivity index (χ0n) is 15.1. The van der Waals surface area contributed by atoms with Crippen molar-refractivity contribution in [3.8, 4) is 17.7 Å². The van der Waals surface area contributed by atoms with Gasteiger partial charge in [0.1, 0.15) is 17.4 Å². The summed E-state index contributed by atoms with van der Waals surface area (Å²) in [4.78, 5) is 4.12. The molecule has 3 rings (SSSR count). The number of hydrogen-bond acceptors (Lipinski definition) is 5. The Hall–Kier alpha value is -3.08. The minimum Gasteiger partial charge on any atom is -0.438 e. The van der Waals surface area contributed by atoms with Crippen molar-refractivity contribution in [2.75, 3.05) is 4.72 Å². The highest BCUT2D eigenvalue weighted by Gasteiger charge is 2.17. The smallest absolute Gasteiger partial charge is 0.261 e. The maximum atomic E-state index is 12.6. The van der Waals surface area contributed by atoms with Crippen molar-refractivity contribution in [1.82, 2.24) is 4.98 Å². The van der Waals surface area contributed by atoms with Gasteiger partial charge >= 0.3 is 0 Å². The lowest BCUT2D eigenvalue weighted by atomic mass is 10.2. The quantitative estimate of drug-likeness (QED) is 0.647. The van der Waals surface area contributed by atoms with Crippen molar-refractivity contribution in [3.63, 3.8) is 0 Å². The van der Waals surface area contributed by atoms with E-state index in [2.05, 4.69) is 9.71 Å². The van der Waals surface area contributed by atoms with E-state index in [1.807, 2.05) is 6.07 Å². The lowest BCUT2D eigenvalue weighted by molar-refractivity contribution is 0.461.